The van der Waals surface area contributed by atoms with Crippen LogP contribution in [0.3, 0.4) is 0 Å². The lowest BCUT2D eigenvalue weighted by Crippen LogP contribution is -2.07. The highest BCUT2D eigenvalue weighted by Gasteiger charge is 2.27. The van der Waals surface area contributed by atoms with Crippen LogP contribution in [0, 0.1) is 0 Å². The highest BCUT2D eigenvalue weighted by atomic mass is 16.5. The lowest BCUT2D eigenvalue weighted by atomic mass is 10.3. The molecule has 2 aromatic rings. The van der Waals surface area contributed by atoms with Crippen LogP contribution in [-0.2, 0) is 6.61 Å². The summed E-state index contributed by atoms with van der Waals surface area (Å²) in [7, 11) is 0. The Hall–Kier alpha value is -2.11. The van der Waals surface area contributed by atoms with Crippen molar-refractivity contribution < 1.29 is 4.74 Å². The summed E-state index contributed by atoms with van der Waals surface area (Å²) < 4.78 is 7.45. The molecule has 6 heteroatoms. The summed E-state index contributed by atoms with van der Waals surface area (Å²) in [5.41, 5.74) is 6.35. The molecular formula is C11H13N5O. The molecule has 0 saturated heterocycles. The van der Waals surface area contributed by atoms with E-state index in [-0.39, 0.29) is 0 Å². The van der Waals surface area contributed by atoms with E-state index in [2.05, 4.69) is 15.5 Å². The van der Waals surface area contributed by atoms with Gasteiger partial charge >= 0.3 is 0 Å². The molecule has 17 heavy (non-hydrogen) atoms. The third kappa shape index (κ3) is 2.20. The van der Waals surface area contributed by atoms with Gasteiger partial charge in [0.1, 0.15) is 12.4 Å². The number of nitrogen functional groups attached to an aromatic ring is 1. The van der Waals surface area contributed by atoms with Crippen molar-refractivity contribution in [1.82, 2.24) is 20.2 Å². The Kier molecular flexibility index (Phi) is 2.40. The number of anilines is 1. The minimum atomic E-state index is 0.368. The molecule has 88 valence electrons. The largest absolute Gasteiger partial charge is 0.485 e. The molecule has 0 amide bonds. The molecule has 0 spiro atoms. The van der Waals surface area contributed by atoms with Gasteiger partial charge in [0.2, 0.25) is 0 Å². The van der Waals surface area contributed by atoms with E-state index in [1.807, 2.05) is 22.9 Å². The summed E-state index contributed by atoms with van der Waals surface area (Å²) in [4.78, 5) is 0. The van der Waals surface area contributed by atoms with Crippen LogP contribution in [0.4, 0.5) is 5.69 Å². The van der Waals surface area contributed by atoms with Crippen LogP contribution in [0.5, 0.6) is 5.75 Å². The van der Waals surface area contributed by atoms with Crippen LogP contribution >= 0.6 is 0 Å². The van der Waals surface area contributed by atoms with Gasteiger partial charge in [-0.2, -0.15) is 0 Å². The lowest BCUT2D eigenvalue weighted by Gasteiger charge is -2.06. The van der Waals surface area contributed by atoms with Gasteiger partial charge in [0.25, 0.3) is 0 Å². The molecule has 2 N–H and O–H groups in total. The fourth-order valence-corrected chi connectivity index (χ4v) is 1.66. The Bertz CT molecular complexity index is 520. The average molecular weight is 231 g/mol. The van der Waals surface area contributed by atoms with E-state index in [0.717, 1.165) is 24.4 Å². The highest BCUT2D eigenvalue weighted by Crippen LogP contribution is 2.34. The molecule has 0 radical (unpaired) electrons. The Morgan fingerprint density at radius 1 is 1.41 bits per heavy atom. The Balaban J connectivity index is 1.69. The van der Waals surface area contributed by atoms with Crippen molar-refractivity contribution in [2.75, 3.05) is 5.73 Å². The zero-order valence-corrected chi connectivity index (χ0v) is 9.28. The van der Waals surface area contributed by atoms with Crippen LogP contribution < -0.4 is 10.5 Å². The van der Waals surface area contributed by atoms with E-state index in [1.165, 1.54) is 0 Å². The predicted molar refractivity (Wildman–Crippen MR) is 61.3 cm³/mol. The second kappa shape index (κ2) is 4.04. The predicted octanol–water partition coefficient (Wildman–Crippen LogP) is 1.17. The molecule has 1 aliphatic rings. The zero-order chi connectivity index (χ0) is 11.7. The van der Waals surface area contributed by atoms with E-state index in [0.29, 0.717) is 18.3 Å². The standard InChI is InChI=1S/C11H13N5O/c12-8-2-1-3-10(6-8)17-7-11-13-14-15-16(11)9-4-5-9/h1-3,6,9H,4-5,7,12H2. The summed E-state index contributed by atoms with van der Waals surface area (Å²) >= 11 is 0. The number of rotatable bonds is 4. The molecule has 1 heterocycles. The smallest absolute Gasteiger partial charge is 0.189 e. The van der Waals surface area contributed by atoms with Crippen molar-refractivity contribution in [2.45, 2.75) is 25.5 Å². The fraction of sp³-hybridized carbons (Fsp3) is 0.364. The third-order valence-corrected chi connectivity index (χ3v) is 2.68. The molecular weight excluding hydrogens is 218 g/mol. The molecule has 1 saturated carbocycles. The Morgan fingerprint density at radius 2 is 2.29 bits per heavy atom. The number of ether oxygens (including phenoxy) is 1. The maximum atomic E-state index is 5.67. The minimum Gasteiger partial charge on any atom is -0.485 e. The number of nitrogens with two attached hydrogens (primary N) is 1. The van der Waals surface area contributed by atoms with Crippen LogP contribution in [0.1, 0.15) is 24.7 Å². The van der Waals surface area contributed by atoms with Gasteiger partial charge in [-0.15, -0.1) is 5.10 Å². The van der Waals surface area contributed by atoms with Gasteiger partial charge in [-0.05, 0) is 35.4 Å². The SMILES string of the molecule is Nc1cccc(OCc2nnnn2C2CC2)c1. The van der Waals surface area contributed by atoms with E-state index < -0.39 is 0 Å². The molecule has 1 aromatic carbocycles. The summed E-state index contributed by atoms with van der Waals surface area (Å²) in [6.45, 7) is 0.368. The van der Waals surface area contributed by atoms with E-state index >= 15 is 0 Å². The van der Waals surface area contributed by atoms with Crippen molar-refractivity contribution in [3.63, 3.8) is 0 Å². The fourth-order valence-electron chi connectivity index (χ4n) is 1.66. The summed E-state index contributed by atoms with van der Waals surface area (Å²) in [5, 5.41) is 11.6. The molecule has 1 aromatic heterocycles. The van der Waals surface area contributed by atoms with Crippen LogP contribution in [-0.4, -0.2) is 20.2 Å². The summed E-state index contributed by atoms with van der Waals surface area (Å²) in [5.74, 6) is 1.49. The number of benzene rings is 1. The number of hydrogen-bond donors (Lipinski definition) is 1. The first-order valence-electron chi connectivity index (χ1n) is 5.58. The van der Waals surface area contributed by atoms with Crippen molar-refractivity contribution in [3.05, 3.63) is 30.1 Å². The van der Waals surface area contributed by atoms with Gasteiger partial charge in [-0.25, -0.2) is 4.68 Å². The number of aromatic nitrogens is 4. The molecule has 6 nitrogen and oxygen atoms in total. The van der Waals surface area contributed by atoms with Gasteiger partial charge in [-0.3, -0.25) is 0 Å². The van der Waals surface area contributed by atoms with Gasteiger partial charge in [0.15, 0.2) is 5.82 Å². The molecule has 1 aliphatic carbocycles. The monoisotopic (exact) mass is 231 g/mol. The first-order chi connectivity index (χ1) is 8.33. The molecule has 3 rings (SSSR count). The lowest BCUT2D eigenvalue weighted by molar-refractivity contribution is 0.286. The van der Waals surface area contributed by atoms with Crippen molar-refractivity contribution >= 4 is 5.69 Å². The summed E-state index contributed by atoms with van der Waals surface area (Å²) in [6, 6.07) is 7.78. The number of tetrazole rings is 1. The highest BCUT2D eigenvalue weighted by molar-refractivity contribution is 5.43. The second-order valence-corrected chi connectivity index (χ2v) is 4.13. The number of hydrogen-bond acceptors (Lipinski definition) is 5. The van der Waals surface area contributed by atoms with Gasteiger partial charge < -0.3 is 10.5 Å². The molecule has 0 bridgehead atoms. The average Bonchev–Trinajstić information content (AvgIpc) is 3.06. The van der Waals surface area contributed by atoms with Crippen molar-refractivity contribution in [1.29, 1.82) is 0 Å². The van der Waals surface area contributed by atoms with Gasteiger partial charge in [0.05, 0.1) is 6.04 Å². The molecule has 0 unspecified atom stereocenters. The van der Waals surface area contributed by atoms with E-state index in [4.69, 9.17) is 10.5 Å². The third-order valence-electron chi connectivity index (χ3n) is 2.68. The minimum absolute atomic E-state index is 0.368. The summed E-state index contributed by atoms with van der Waals surface area (Å²) in [6.07, 6.45) is 2.30. The van der Waals surface area contributed by atoms with Crippen LogP contribution in [0.2, 0.25) is 0 Å². The van der Waals surface area contributed by atoms with E-state index in [1.54, 1.807) is 6.07 Å². The molecule has 0 aliphatic heterocycles. The van der Waals surface area contributed by atoms with Crippen molar-refractivity contribution in [3.8, 4) is 5.75 Å². The Labute approximate surface area is 98.4 Å². The number of nitrogens with zero attached hydrogens (tertiary/aromatic N) is 4. The van der Waals surface area contributed by atoms with E-state index in [9.17, 15) is 0 Å². The molecule has 1 fully saturated rings. The zero-order valence-electron chi connectivity index (χ0n) is 9.28. The quantitative estimate of drug-likeness (QED) is 0.799. The first-order valence-corrected chi connectivity index (χ1v) is 5.58. The maximum absolute atomic E-state index is 5.67. The topological polar surface area (TPSA) is 78.8 Å². The normalized spacial score (nSPS) is 14.8. The van der Waals surface area contributed by atoms with Crippen LogP contribution in [0.25, 0.3) is 0 Å². The van der Waals surface area contributed by atoms with Crippen molar-refractivity contribution in [2.24, 2.45) is 0 Å². The second-order valence-electron chi connectivity index (χ2n) is 4.13. The molecule has 0 atom stereocenters. The van der Waals surface area contributed by atoms with Crippen LogP contribution in [0.15, 0.2) is 24.3 Å². The first kappa shape index (κ1) is 10.1. The van der Waals surface area contributed by atoms with Gasteiger partial charge in [-0.1, -0.05) is 6.07 Å². The van der Waals surface area contributed by atoms with Gasteiger partial charge in [0, 0.05) is 11.8 Å². The Morgan fingerprint density at radius 3 is 3.06 bits per heavy atom. The maximum Gasteiger partial charge on any atom is 0.189 e.